The Morgan fingerprint density at radius 2 is 2.06 bits per heavy atom. The van der Waals surface area contributed by atoms with E-state index in [9.17, 15) is 5.11 Å². The van der Waals surface area contributed by atoms with Gasteiger partial charge in [0.1, 0.15) is 0 Å². The molecular weight excluding hydrogens is 268 g/mol. The molecule has 0 spiro atoms. The molecule has 0 aliphatic rings. The normalized spacial score (nSPS) is 15.5. The molecule has 0 aromatic carbocycles. The van der Waals surface area contributed by atoms with E-state index in [-0.39, 0.29) is 12.0 Å². The van der Waals surface area contributed by atoms with Crippen molar-refractivity contribution in [3.63, 3.8) is 0 Å². The Balaban J connectivity index is 3.03. The van der Waals surface area contributed by atoms with E-state index in [0.29, 0.717) is 5.92 Å². The molecule has 0 fully saturated rings. The number of hydrogen-bond acceptors (Lipinski definition) is 2. The van der Waals surface area contributed by atoms with Crippen LogP contribution in [-0.4, -0.2) is 21.5 Å². The summed E-state index contributed by atoms with van der Waals surface area (Å²) in [5.41, 5.74) is 2.06. The lowest BCUT2D eigenvalue weighted by Gasteiger charge is -2.31. The van der Waals surface area contributed by atoms with E-state index >= 15 is 0 Å². The van der Waals surface area contributed by atoms with Gasteiger partial charge in [-0.15, -0.1) is 0 Å². The van der Waals surface area contributed by atoms with E-state index in [4.69, 9.17) is 0 Å². The maximum absolute atomic E-state index is 9.56. The van der Waals surface area contributed by atoms with Crippen LogP contribution in [-0.2, 0) is 13.5 Å². The van der Waals surface area contributed by atoms with Crippen LogP contribution in [0.3, 0.4) is 0 Å². The minimum atomic E-state index is -0.0945. The number of aliphatic hydroxyl groups is 1. The van der Waals surface area contributed by atoms with E-state index in [1.807, 2.05) is 18.7 Å². The summed E-state index contributed by atoms with van der Waals surface area (Å²) >= 11 is 3.57. The Morgan fingerprint density at radius 1 is 1.50 bits per heavy atom. The van der Waals surface area contributed by atoms with Crippen LogP contribution in [0, 0.1) is 18.3 Å². The van der Waals surface area contributed by atoms with Gasteiger partial charge >= 0.3 is 0 Å². The third-order valence-electron chi connectivity index (χ3n) is 3.59. The molecule has 1 rings (SSSR count). The first-order valence-corrected chi connectivity index (χ1v) is 6.40. The van der Waals surface area contributed by atoms with E-state index < -0.39 is 0 Å². The minimum Gasteiger partial charge on any atom is -0.396 e. The largest absolute Gasteiger partial charge is 0.396 e. The first-order valence-electron chi connectivity index (χ1n) is 5.60. The van der Waals surface area contributed by atoms with E-state index in [2.05, 4.69) is 41.8 Å². The molecule has 1 aromatic heterocycles. The van der Waals surface area contributed by atoms with Crippen molar-refractivity contribution in [3.8, 4) is 0 Å². The molecule has 1 aromatic rings. The topological polar surface area (TPSA) is 38.0 Å². The summed E-state index contributed by atoms with van der Waals surface area (Å²) in [6.45, 7) is 8.59. The summed E-state index contributed by atoms with van der Waals surface area (Å²) in [7, 11) is 1.95. The number of nitrogens with zero attached hydrogens (tertiary/aromatic N) is 2. The molecule has 4 heteroatoms. The van der Waals surface area contributed by atoms with Crippen LogP contribution >= 0.6 is 15.9 Å². The van der Waals surface area contributed by atoms with Crippen molar-refractivity contribution in [2.45, 2.75) is 34.1 Å². The Morgan fingerprint density at radius 3 is 2.38 bits per heavy atom. The van der Waals surface area contributed by atoms with Crippen molar-refractivity contribution in [2.24, 2.45) is 18.4 Å². The molecule has 16 heavy (non-hydrogen) atoms. The zero-order chi connectivity index (χ0) is 12.5. The predicted molar refractivity (Wildman–Crippen MR) is 69.4 cm³/mol. The second kappa shape index (κ2) is 4.88. The van der Waals surface area contributed by atoms with Crippen molar-refractivity contribution >= 4 is 15.9 Å². The summed E-state index contributed by atoms with van der Waals surface area (Å²) in [5, 5.41) is 13.9. The fourth-order valence-electron chi connectivity index (χ4n) is 1.70. The predicted octanol–water partition coefficient (Wildman–Crippen LogP) is 2.69. The average molecular weight is 289 g/mol. The van der Waals surface area contributed by atoms with Gasteiger partial charge in [-0.25, -0.2) is 0 Å². The summed E-state index contributed by atoms with van der Waals surface area (Å²) in [6, 6.07) is 0. The highest BCUT2D eigenvalue weighted by molar-refractivity contribution is 9.10. The third kappa shape index (κ3) is 2.48. The Hall–Kier alpha value is -0.350. The fourth-order valence-corrected chi connectivity index (χ4v) is 2.17. The lowest BCUT2D eigenvalue weighted by atomic mass is 9.76. The molecule has 1 heterocycles. The van der Waals surface area contributed by atoms with Crippen LogP contribution in [0.15, 0.2) is 4.47 Å². The second-order valence-corrected chi connectivity index (χ2v) is 5.91. The Labute approximate surface area is 106 Å². The highest BCUT2D eigenvalue weighted by Crippen LogP contribution is 2.33. The van der Waals surface area contributed by atoms with Crippen LogP contribution in [0.1, 0.15) is 32.2 Å². The summed E-state index contributed by atoms with van der Waals surface area (Å²) in [4.78, 5) is 0. The maximum atomic E-state index is 9.56. The number of aryl methyl sites for hydroxylation is 2. The molecule has 0 radical (unpaired) electrons. The SMILES string of the molecule is Cc1nn(C)c(CC(C)(CO)C(C)C)c1Br. The highest BCUT2D eigenvalue weighted by atomic mass is 79.9. The number of rotatable bonds is 4. The van der Waals surface area contributed by atoms with Crippen LogP contribution in [0.5, 0.6) is 0 Å². The van der Waals surface area contributed by atoms with Gasteiger partial charge in [0.25, 0.3) is 0 Å². The number of aliphatic hydroxyl groups excluding tert-OH is 1. The number of hydrogen-bond donors (Lipinski definition) is 1. The molecule has 1 atom stereocenters. The lowest BCUT2D eigenvalue weighted by Crippen LogP contribution is -2.31. The minimum absolute atomic E-state index is 0.0945. The summed E-state index contributed by atoms with van der Waals surface area (Å²) in [6.07, 6.45) is 0.832. The average Bonchev–Trinajstić information content (AvgIpc) is 2.44. The smallest absolute Gasteiger partial charge is 0.0738 e. The van der Waals surface area contributed by atoms with Crippen molar-refractivity contribution in [3.05, 3.63) is 15.9 Å². The molecule has 92 valence electrons. The van der Waals surface area contributed by atoms with Gasteiger partial charge in [0.2, 0.25) is 0 Å². The first kappa shape index (κ1) is 13.7. The van der Waals surface area contributed by atoms with Crippen molar-refractivity contribution < 1.29 is 5.11 Å². The quantitative estimate of drug-likeness (QED) is 0.925. The Bertz CT molecular complexity index is 373. The third-order valence-corrected chi connectivity index (χ3v) is 4.62. The lowest BCUT2D eigenvalue weighted by molar-refractivity contribution is 0.0926. The zero-order valence-corrected chi connectivity index (χ0v) is 12.3. The van der Waals surface area contributed by atoms with Crippen molar-refractivity contribution in [1.82, 2.24) is 9.78 Å². The van der Waals surface area contributed by atoms with Gasteiger partial charge in [0, 0.05) is 13.7 Å². The standard InChI is InChI=1S/C12H21BrN2O/c1-8(2)12(4,7-16)6-10-11(13)9(3)14-15(10)5/h8,16H,6-7H2,1-5H3. The molecule has 1 N–H and O–H groups in total. The molecule has 0 saturated heterocycles. The second-order valence-electron chi connectivity index (χ2n) is 5.11. The van der Waals surface area contributed by atoms with Gasteiger partial charge in [-0.1, -0.05) is 20.8 Å². The van der Waals surface area contributed by atoms with Gasteiger partial charge in [-0.3, -0.25) is 4.68 Å². The summed E-state index contributed by atoms with van der Waals surface area (Å²) in [5.74, 6) is 0.430. The molecule has 0 saturated carbocycles. The van der Waals surface area contributed by atoms with E-state index in [1.165, 1.54) is 0 Å². The molecule has 1 unspecified atom stereocenters. The van der Waals surface area contributed by atoms with Crippen LogP contribution < -0.4 is 0 Å². The van der Waals surface area contributed by atoms with Gasteiger partial charge in [-0.05, 0) is 40.6 Å². The van der Waals surface area contributed by atoms with Gasteiger partial charge < -0.3 is 5.11 Å². The molecule has 3 nitrogen and oxygen atoms in total. The van der Waals surface area contributed by atoms with Gasteiger partial charge in [-0.2, -0.15) is 5.10 Å². The summed E-state index contributed by atoms with van der Waals surface area (Å²) < 4.78 is 2.96. The van der Waals surface area contributed by atoms with Gasteiger partial charge in [0.15, 0.2) is 0 Å². The van der Waals surface area contributed by atoms with Gasteiger partial charge in [0.05, 0.1) is 15.9 Å². The maximum Gasteiger partial charge on any atom is 0.0738 e. The van der Waals surface area contributed by atoms with Crippen LogP contribution in [0.2, 0.25) is 0 Å². The van der Waals surface area contributed by atoms with Crippen molar-refractivity contribution in [2.75, 3.05) is 6.61 Å². The van der Waals surface area contributed by atoms with Crippen LogP contribution in [0.25, 0.3) is 0 Å². The van der Waals surface area contributed by atoms with Crippen molar-refractivity contribution in [1.29, 1.82) is 0 Å². The molecule has 0 aliphatic heterocycles. The first-order chi connectivity index (χ1) is 7.31. The number of aromatic nitrogens is 2. The molecular formula is C12H21BrN2O. The zero-order valence-electron chi connectivity index (χ0n) is 10.7. The molecule has 0 amide bonds. The number of halogens is 1. The van der Waals surface area contributed by atoms with E-state index in [1.54, 1.807) is 0 Å². The monoisotopic (exact) mass is 288 g/mol. The highest BCUT2D eigenvalue weighted by Gasteiger charge is 2.30. The van der Waals surface area contributed by atoms with E-state index in [0.717, 1.165) is 22.3 Å². The Kier molecular flexibility index (Phi) is 4.18. The molecule has 0 bridgehead atoms. The van der Waals surface area contributed by atoms with Crippen LogP contribution in [0.4, 0.5) is 0 Å². The fraction of sp³-hybridized carbons (Fsp3) is 0.750. The molecule has 0 aliphatic carbocycles.